The molecular formula is C19H33O5PS. The van der Waals surface area contributed by atoms with Crippen LogP contribution >= 0.6 is 19.4 Å². The molecule has 0 aliphatic heterocycles. The van der Waals surface area contributed by atoms with Gasteiger partial charge in [0.1, 0.15) is 10.7 Å². The zero-order chi connectivity index (χ0) is 20.3. The van der Waals surface area contributed by atoms with Gasteiger partial charge in [0.25, 0.3) is 0 Å². The van der Waals surface area contributed by atoms with E-state index < -0.39 is 12.6 Å². The van der Waals surface area contributed by atoms with Crippen molar-refractivity contribution in [3.63, 3.8) is 0 Å². The fourth-order valence-corrected chi connectivity index (χ4v) is 6.01. The lowest BCUT2D eigenvalue weighted by atomic mass is 9.78. The van der Waals surface area contributed by atoms with Crippen molar-refractivity contribution in [1.82, 2.24) is 0 Å². The molecule has 1 aromatic carbocycles. The molecule has 0 aromatic heterocycles. The Kier molecular flexibility index (Phi) is 7.83. The summed E-state index contributed by atoms with van der Waals surface area (Å²) in [6.45, 7) is 12.1. The molecule has 1 atom stereocenters. The van der Waals surface area contributed by atoms with E-state index in [2.05, 4.69) is 0 Å². The molecule has 150 valence electrons. The largest absolute Gasteiger partial charge is 0.507 e. The minimum Gasteiger partial charge on any atom is -0.507 e. The fraction of sp³-hybridized carbons (Fsp3) is 0.684. The lowest BCUT2D eigenvalue weighted by Crippen LogP contribution is -2.18. The average molecular weight is 405 g/mol. The summed E-state index contributed by atoms with van der Waals surface area (Å²) >= 11 is 1.33. The van der Waals surface area contributed by atoms with E-state index in [9.17, 15) is 14.8 Å². The zero-order valence-corrected chi connectivity index (χ0v) is 18.8. The quantitative estimate of drug-likeness (QED) is 0.609. The Bertz CT molecular complexity index is 618. The Balaban J connectivity index is 3.73. The molecular weight excluding hydrogens is 371 g/mol. The van der Waals surface area contributed by atoms with Crippen LogP contribution in [0.15, 0.2) is 12.1 Å². The number of hydrogen-bond acceptors (Lipinski definition) is 6. The standard InChI is InChI=1S/C19H33O5PS/c1-18(2,3)14-11-13(12-15(16(14)21)19(4,5)6)17(26-10-9-20)25(22,23-7)24-8/h11-12,17,20-21H,9-10H2,1-8H3. The highest BCUT2D eigenvalue weighted by atomic mass is 32.2. The molecule has 0 aliphatic carbocycles. The summed E-state index contributed by atoms with van der Waals surface area (Å²) in [6, 6.07) is 3.76. The maximum Gasteiger partial charge on any atom is 0.347 e. The van der Waals surface area contributed by atoms with E-state index in [1.807, 2.05) is 53.7 Å². The first-order valence-electron chi connectivity index (χ1n) is 8.63. The Hall–Kier alpha value is -0.520. The Morgan fingerprint density at radius 1 is 1.04 bits per heavy atom. The molecule has 0 saturated heterocycles. The second-order valence-electron chi connectivity index (χ2n) is 8.32. The number of aromatic hydroxyl groups is 1. The van der Waals surface area contributed by atoms with Crippen molar-refractivity contribution in [2.75, 3.05) is 26.6 Å². The maximum atomic E-state index is 13.2. The molecule has 0 amide bonds. The summed E-state index contributed by atoms with van der Waals surface area (Å²) in [6.07, 6.45) is 0. The summed E-state index contributed by atoms with van der Waals surface area (Å²) in [5.41, 5.74) is 1.75. The van der Waals surface area contributed by atoms with Gasteiger partial charge in [-0.3, -0.25) is 4.57 Å². The first kappa shape index (κ1) is 23.5. The molecule has 0 bridgehead atoms. The van der Waals surface area contributed by atoms with Crippen LogP contribution in [0.4, 0.5) is 0 Å². The van der Waals surface area contributed by atoms with Gasteiger partial charge in [0.05, 0.1) is 6.61 Å². The molecule has 1 aromatic rings. The minimum atomic E-state index is -3.43. The van der Waals surface area contributed by atoms with Gasteiger partial charge in [0.2, 0.25) is 0 Å². The number of phenols is 1. The van der Waals surface area contributed by atoms with Crippen molar-refractivity contribution in [1.29, 1.82) is 0 Å². The molecule has 2 N–H and O–H groups in total. The Morgan fingerprint density at radius 2 is 1.46 bits per heavy atom. The van der Waals surface area contributed by atoms with Crippen LogP contribution in [0.25, 0.3) is 0 Å². The van der Waals surface area contributed by atoms with Crippen LogP contribution in [0.2, 0.25) is 0 Å². The molecule has 7 heteroatoms. The summed E-state index contributed by atoms with van der Waals surface area (Å²) < 4.78 is 23.7. The van der Waals surface area contributed by atoms with Crippen LogP contribution in [0.3, 0.4) is 0 Å². The summed E-state index contributed by atoms with van der Waals surface area (Å²) in [5.74, 6) is 0.669. The number of hydrogen-bond donors (Lipinski definition) is 2. The third kappa shape index (κ3) is 5.26. The molecule has 0 aliphatic rings. The molecule has 1 rings (SSSR count). The second kappa shape index (κ2) is 8.66. The molecule has 0 spiro atoms. The number of aliphatic hydroxyl groups is 1. The van der Waals surface area contributed by atoms with E-state index in [0.29, 0.717) is 5.75 Å². The van der Waals surface area contributed by atoms with Crippen LogP contribution in [-0.4, -0.2) is 36.8 Å². The maximum absolute atomic E-state index is 13.2. The van der Waals surface area contributed by atoms with Gasteiger partial charge < -0.3 is 19.3 Å². The summed E-state index contributed by atoms with van der Waals surface area (Å²) in [4.78, 5) is -0.590. The zero-order valence-electron chi connectivity index (χ0n) is 17.1. The van der Waals surface area contributed by atoms with Gasteiger partial charge in [0.15, 0.2) is 0 Å². The van der Waals surface area contributed by atoms with Crippen LogP contribution in [0.1, 0.15) is 63.2 Å². The number of benzene rings is 1. The van der Waals surface area contributed by atoms with Crippen molar-refractivity contribution in [2.45, 2.75) is 57.4 Å². The highest BCUT2D eigenvalue weighted by molar-refractivity contribution is 8.04. The van der Waals surface area contributed by atoms with Crippen molar-refractivity contribution in [2.24, 2.45) is 0 Å². The molecule has 0 fully saturated rings. The van der Waals surface area contributed by atoms with Crippen molar-refractivity contribution < 1.29 is 23.8 Å². The second-order valence-corrected chi connectivity index (χ2v) is 12.2. The SMILES string of the molecule is COP(=O)(OC)C(SCCO)c1cc(C(C)(C)C)c(O)c(C(C)(C)C)c1. The van der Waals surface area contributed by atoms with Gasteiger partial charge in [-0.25, -0.2) is 0 Å². The molecule has 5 nitrogen and oxygen atoms in total. The van der Waals surface area contributed by atoms with Gasteiger partial charge in [0, 0.05) is 20.0 Å². The third-order valence-corrected chi connectivity index (χ3v) is 8.32. The monoisotopic (exact) mass is 404 g/mol. The third-order valence-electron chi connectivity index (χ3n) is 4.20. The molecule has 0 heterocycles. The molecule has 1 unspecified atom stereocenters. The highest BCUT2D eigenvalue weighted by Gasteiger charge is 2.38. The van der Waals surface area contributed by atoms with Crippen molar-refractivity contribution in [3.05, 3.63) is 28.8 Å². The van der Waals surface area contributed by atoms with E-state index in [0.717, 1.165) is 16.7 Å². The van der Waals surface area contributed by atoms with E-state index in [-0.39, 0.29) is 23.2 Å². The van der Waals surface area contributed by atoms with Crippen molar-refractivity contribution >= 4 is 19.4 Å². The number of thioether (sulfide) groups is 1. The predicted molar refractivity (Wildman–Crippen MR) is 109 cm³/mol. The Morgan fingerprint density at radius 3 is 1.77 bits per heavy atom. The normalized spacial score (nSPS) is 14.5. The van der Waals surface area contributed by atoms with Crippen LogP contribution in [0, 0.1) is 0 Å². The summed E-state index contributed by atoms with van der Waals surface area (Å²) in [5, 5.41) is 20.1. The van der Waals surface area contributed by atoms with E-state index in [1.165, 1.54) is 26.0 Å². The Labute approximate surface area is 162 Å². The van der Waals surface area contributed by atoms with Gasteiger partial charge in [-0.05, 0) is 39.7 Å². The van der Waals surface area contributed by atoms with Gasteiger partial charge in [-0.15, -0.1) is 11.8 Å². The highest BCUT2D eigenvalue weighted by Crippen LogP contribution is 2.65. The smallest absolute Gasteiger partial charge is 0.347 e. The van der Waals surface area contributed by atoms with Crippen LogP contribution in [-0.2, 0) is 24.4 Å². The number of aliphatic hydroxyl groups excluding tert-OH is 1. The minimum absolute atomic E-state index is 0.0368. The predicted octanol–water partition coefficient (Wildman–Crippen LogP) is 5.20. The molecule has 0 radical (unpaired) electrons. The van der Waals surface area contributed by atoms with Gasteiger partial charge in [-0.2, -0.15) is 0 Å². The number of phenolic OH excluding ortho intramolecular Hbond substituents is 1. The summed E-state index contributed by atoms with van der Waals surface area (Å²) in [7, 11) is -0.697. The lowest BCUT2D eigenvalue weighted by Gasteiger charge is -2.31. The average Bonchev–Trinajstić information content (AvgIpc) is 2.53. The number of rotatable bonds is 7. The van der Waals surface area contributed by atoms with Gasteiger partial charge >= 0.3 is 7.60 Å². The first-order chi connectivity index (χ1) is 11.8. The molecule has 0 saturated carbocycles. The molecule has 26 heavy (non-hydrogen) atoms. The van der Waals surface area contributed by atoms with Crippen LogP contribution in [0.5, 0.6) is 5.75 Å². The first-order valence-corrected chi connectivity index (χ1v) is 11.3. The van der Waals surface area contributed by atoms with E-state index in [1.54, 1.807) is 0 Å². The topological polar surface area (TPSA) is 76.0 Å². The van der Waals surface area contributed by atoms with Gasteiger partial charge in [-0.1, -0.05) is 41.5 Å². The van der Waals surface area contributed by atoms with E-state index >= 15 is 0 Å². The van der Waals surface area contributed by atoms with E-state index in [4.69, 9.17) is 9.05 Å². The van der Waals surface area contributed by atoms with Crippen LogP contribution < -0.4 is 0 Å². The van der Waals surface area contributed by atoms with Crippen molar-refractivity contribution in [3.8, 4) is 5.75 Å². The lowest BCUT2D eigenvalue weighted by molar-refractivity contribution is 0.273. The fourth-order valence-electron chi connectivity index (χ4n) is 2.74.